The summed E-state index contributed by atoms with van der Waals surface area (Å²) in [6, 6.07) is 5.02. The van der Waals surface area contributed by atoms with Crippen molar-refractivity contribution in [3.05, 3.63) is 39.9 Å². The molecule has 1 aromatic rings. The van der Waals surface area contributed by atoms with Gasteiger partial charge in [0.1, 0.15) is 0 Å². The van der Waals surface area contributed by atoms with Crippen molar-refractivity contribution >= 4 is 17.6 Å². The third-order valence-electron chi connectivity index (χ3n) is 2.79. The minimum Gasteiger partial charge on any atom is -0.463 e. The van der Waals surface area contributed by atoms with Crippen molar-refractivity contribution in [2.45, 2.75) is 39.3 Å². The Morgan fingerprint density at radius 1 is 1.35 bits per heavy atom. The van der Waals surface area contributed by atoms with Gasteiger partial charge in [-0.1, -0.05) is 24.1 Å². The highest BCUT2D eigenvalue weighted by molar-refractivity contribution is 5.94. The molecule has 122 valence electrons. The molecule has 1 aromatic carbocycles. The van der Waals surface area contributed by atoms with E-state index in [4.69, 9.17) is 4.74 Å². The Morgan fingerprint density at radius 2 is 2.00 bits per heavy atom. The maximum Gasteiger partial charge on any atom is 0.308 e. The predicted octanol–water partition coefficient (Wildman–Crippen LogP) is 2.12. The van der Waals surface area contributed by atoms with Gasteiger partial charge in [0, 0.05) is 6.07 Å². The molecule has 0 saturated carbocycles. The molecule has 0 bridgehead atoms. The molecule has 0 radical (unpaired) electrons. The van der Waals surface area contributed by atoms with Crippen LogP contribution in [0.25, 0.3) is 0 Å². The molecule has 1 N–H and O–H groups in total. The minimum atomic E-state index is -0.892. The number of amides is 1. The van der Waals surface area contributed by atoms with Crippen LogP contribution >= 0.6 is 0 Å². The summed E-state index contributed by atoms with van der Waals surface area (Å²) in [6.07, 6.45) is -0.541. The summed E-state index contributed by atoms with van der Waals surface area (Å²) in [6.45, 7) is 4.88. The van der Waals surface area contributed by atoms with E-state index in [0.29, 0.717) is 0 Å². The number of benzene rings is 1. The zero-order valence-corrected chi connectivity index (χ0v) is 13.2. The van der Waals surface area contributed by atoms with E-state index < -0.39 is 22.8 Å². The number of carbonyl (C=O) groups is 2. The summed E-state index contributed by atoms with van der Waals surface area (Å²) in [5, 5.41) is 13.7. The SMILES string of the molecule is CC#CC(=O)N[C@H](CC(=O)OC(C)C)c1ccccc1[N+](=O)[O-]. The lowest BCUT2D eigenvalue weighted by atomic mass is 10.0. The van der Waals surface area contributed by atoms with Crippen LogP contribution in [0.15, 0.2) is 24.3 Å². The molecule has 1 atom stereocenters. The van der Waals surface area contributed by atoms with Crippen LogP contribution in [0.2, 0.25) is 0 Å². The molecule has 23 heavy (non-hydrogen) atoms. The number of carbonyl (C=O) groups excluding carboxylic acids is 2. The summed E-state index contributed by atoms with van der Waals surface area (Å²) in [7, 11) is 0. The van der Waals surface area contributed by atoms with Crippen molar-refractivity contribution < 1.29 is 19.2 Å². The van der Waals surface area contributed by atoms with Crippen LogP contribution in [-0.2, 0) is 14.3 Å². The maximum atomic E-state index is 11.9. The normalized spacial score (nSPS) is 11.1. The van der Waals surface area contributed by atoms with Crippen molar-refractivity contribution in [3.8, 4) is 11.8 Å². The Labute approximate surface area is 134 Å². The smallest absolute Gasteiger partial charge is 0.308 e. The second-order valence-electron chi connectivity index (χ2n) is 4.96. The van der Waals surface area contributed by atoms with Gasteiger partial charge in [-0.2, -0.15) is 0 Å². The lowest BCUT2D eigenvalue weighted by molar-refractivity contribution is -0.385. The molecule has 0 aliphatic rings. The van der Waals surface area contributed by atoms with Gasteiger partial charge in [-0.25, -0.2) is 0 Å². The second-order valence-corrected chi connectivity index (χ2v) is 4.96. The first-order valence-electron chi connectivity index (χ1n) is 7.01. The number of ether oxygens (including phenoxy) is 1. The molecule has 7 nitrogen and oxygen atoms in total. The largest absolute Gasteiger partial charge is 0.463 e. The number of hydrogen-bond donors (Lipinski definition) is 1. The Hall–Kier alpha value is -2.88. The maximum absolute atomic E-state index is 11.9. The molecule has 0 saturated heterocycles. The quantitative estimate of drug-likeness (QED) is 0.375. The monoisotopic (exact) mass is 318 g/mol. The molecule has 0 aliphatic heterocycles. The molecule has 0 spiro atoms. The van der Waals surface area contributed by atoms with Crippen LogP contribution in [0.5, 0.6) is 0 Å². The zero-order valence-electron chi connectivity index (χ0n) is 13.2. The molecule has 0 aromatic heterocycles. The van der Waals surface area contributed by atoms with E-state index >= 15 is 0 Å². The fourth-order valence-electron chi connectivity index (χ4n) is 1.97. The van der Waals surface area contributed by atoms with Gasteiger partial charge < -0.3 is 10.1 Å². The fraction of sp³-hybridized carbons (Fsp3) is 0.375. The highest BCUT2D eigenvalue weighted by atomic mass is 16.6. The van der Waals surface area contributed by atoms with Gasteiger partial charge in [0.15, 0.2) is 0 Å². The lowest BCUT2D eigenvalue weighted by Crippen LogP contribution is -2.30. The van der Waals surface area contributed by atoms with Gasteiger partial charge in [-0.3, -0.25) is 19.7 Å². The summed E-state index contributed by atoms with van der Waals surface area (Å²) in [5.41, 5.74) is 0.0454. The molecular weight excluding hydrogens is 300 g/mol. The number of para-hydroxylation sites is 1. The first-order valence-corrected chi connectivity index (χ1v) is 7.01. The fourth-order valence-corrected chi connectivity index (χ4v) is 1.97. The molecule has 0 fully saturated rings. The van der Waals surface area contributed by atoms with E-state index in [9.17, 15) is 19.7 Å². The van der Waals surface area contributed by atoms with Crippen LogP contribution in [0.4, 0.5) is 5.69 Å². The minimum absolute atomic E-state index is 0.181. The van der Waals surface area contributed by atoms with E-state index in [0.717, 1.165) is 0 Å². The van der Waals surface area contributed by atoms with Crippen molar-refractivity contribution in [1.29, 1.82) is 0 Å². The van der Waals surface area contributed by atoms with E-state index in [2.05, 4.69) is 17.2 Å². The van der Waals surface area contributed by atoms with E-state index in [1.165, 1.54) is 25.1 Å². The van der Waals surface area contributed by atoms with E-state index in [1.807, 2.05) is 0 Å². The number of nitro benzene ring substituents is 1. The Balaban J connectivity index is 3.12. The van der Waals surface area contributed by atoms with Crippen molar-refractivity contribution in [3.63, 3.8) is 0 Å². The Kier molecular flexibility index (Phi) is 6.74. The van der Waals surface area contributed by atoms with Gasteiger partial charge in [-0.15, -0.1) is 0 Å². The van der Waals surface area contributed by atoms with Crippen LogP contribution in [0.1, 0.15) is 38.8 Å². The Morgan fingerprint density at radius 3 is 2.57 bits per heavy atom. The zero-order chi connectivity index (χ0) is 17.4. The molecular formula is C16H18N2O5. The summed E-state index contributed by atoms with van der Waals surface area (Å²) in [4.78, 5) is 34.2. The third-order valence-corrected chi connectivity index (χ3v) is 2.79. The number of nitro groups is 1. The molecule has 7 heteroatoms. The average Bonchev–Trinajstić information content (AvgIpc) is 2.45. The average molecular weight is 318 g/mol. The number of nitrogens with zero attached hydrogens (tertiary/aromatic N) is 1. The molecule has 0 unspecified atom stereocenters. The van der Waals surface area contributed by atoms with Crippen LogP contribution in [-0.4, -0.2) is 22.9 Å². The van der Waals surface area contributed by atoms with Crippen molar-refractivity contribution in [2.24, 2.45) is 0 Å². The summed E-state index contributed by atoms with van der Waals surface area (Å²) < 4.78 is 5.05. The second kappa shape index (κ2) is 8.54. The number of rotatable bonds is 6. The summed E-state index contributed by atoms with van der Waals surface area (Å²) in [5.74, 6) is 3.54. The number of hydrogen-bond acceptors (Lipinski definition) is 5. The van der Waals surface area contributed by atoms with Gasteiger partial charge in [0.05, 0.1) is 29.1 Å². The molecule has 1 rings (SSSR count). The molecule has 0 aliphatic carbocycles. The number of nitrogens with one attached hydrogen (secondary N) is 1. The van der Waals surface area contributed by atoms with Crippen LogP contribution < -0.4 is 5.32 Å². The van der Waals surface area contributed by atoms with Crippen LogP contribution in [0.3, 0.4) is 0 Å². The third kappa shape index (κ3) is 5.79. The lowest BCUT2D eigenvalue weighted by Gasteiger charge is -2.18. The molecule has 0 heterocycles. The van der Waals surface area contributed by atoms with Gasteiger partial charge in [0.25, 0.3) is 11.6 Å². The predicted molar refractivity (Wildman–Crippen MR) is 83.3 cm³/mol. The van der Waals surface area contributed by atoms with Gasteiger partial charge >= 0.3 is 5.97 Å². The van der Waals surface area contributed by atoms with E-state index in [1.54, 1.807) is 19.9 Å². The topological polar surface area (TPSA) is 98.5 Å². The summed E-state index contributed by atoms with van der Waals surface area (Å²) >= 11 is 0. The van der Waals surface area contributed by atoms with Crippen molar-refractivity contribution in [1.82, 2.24) is 5.32 Å². The first kappa shape index (κ1) is 18.2. The van der Waals surface area contributed by atoms with Gasteiger partial charge in [-0.05, 0) is 26.7 Å². The highest BCUT2D eigenvalue weighted by Gasteiger charge is 2.26. The molecule has 1 amide bonds. The standard InChI is InChI=1S/C16H18N2O5/c1-4-7-15(19)17-13(10-16(20)23-11(2)3)12-8-5-6-9-14(12)18(21)22/h5-6,8-9,11,13H,10H2,1-3H3,(H,17,19)/t13-/m1/s1. The van der Waals surface area contributed by atoms with E-state index in [-0.39, 0.29) is 23.8 Å². The first-order chi connectivity index (χ1) is 10.8. The number of esters is 1. The van der Waals surface area contributed by atoms with Crippen LogP contribution in [0, 0.1) is 22.0 Å². The Bertz CT molecular complexity index is 658. The van der Waals surface area contributed by atoms with Crippen molar-refractivity contribution in [2.75, 3.05) is 0 Å². The van der Waals surface area contributed by atoms with Gasteiger partial charge in [0.2, 0.25) is 0 Å². The highest BCUT2D eigenvalue weighted by Crippen LogP contribution is 2.27.